The van der Waals surface area contributed by atoms with Gasteiger partial charge in [0.25, 0.3) is 0 Å². The molecule has 0 aromatic heterocycles. The normalized spacial score (nSPS) is 10.2. The number of benzene rings is 2. The lowest BCUT2D eigenvalue weighted by Crippen LogP contribution is -2.01. The van der Waals surface area contributed by atoms with Crippen LogP contribution in [0.5, 0.6) is 0 Å². The van der Waals surface area contributed by atoms with Crippen LogP contribution >= 0.6 is 11.8 Å². The van der Waals surface area contributed by atoms with E-state index in [-0.39, 0.29) is 6.42 Å². The molecule has 0 fully saturated rings. The van der Waals surface area contributed by atoms with Crippen LogP contribution in [0, 0.1) is 0 Å². The minimum absolute atomic E-state index is 0.0237. The lowest BCUT2D eigenvalue weighted by atomic mass is 10.1. The first-order chi connectivity index (χ1) is 8.66. The average Bonchev–Trinajstić information content (AvgIpc) is 2.34. The molecule has 3 N–H and O–H groups in total. The molecule has 0 bridgehead atoms. The summed E-state index contributed by atoms with van der Waals surface area (Å²) in [5.74, 6) is -0.830. The summed E-state index contributed by atoms with van der Waals surface area (Å²) in [6.45, 7) is 0. The van der Waals surface area contributed by atoms with E-state index in [2.05, 4.69) is 0 Å². The second-order valence-electron chi connectivity index (χ2n) is 3.82. The number of anilines is 1. The van der Waals surface area contributed by atoms with Crippen molar-refractivity contribution in [1.82, 2.24) is 0 Å². The number of carboxylic acid groups (broad SMARTS) is 1. The standard InChI is InChI=1S/C14H13NO2S/c15-11-6-2-4-8-13(11)18-12-7-3-1-5-10(12)9-14(16)17/h1-8H,9,15H2,(H,16,17). The highest BCUT2D eigenvalue weighted by Gasteiger charge is 2.08. The van der Waals surface area contributed by atoms with Gasteiger partial charge in [0.1, 0.15) is 0 Å². The summed E-state index contributed by atoms with van der Waals surface area (Å²) in [5.41, 5.74) is 7.39. The topological polar surface area (TPSA) is 63.3 Å². The van der Waals surface area contributed by atoms with Crippen LogP contribution in [0.25, 0.3) is 0 Å². The number of hydrogen-bond acceptors (Lipinski definition) is 3. The van der Waals surface area contributed by atoms with Crippen molar-refractivity contribution in [3.63, 3.8) is 0 Å². The van der Waals surface area contributed by atoms with Gasteiger partial charge < -0.3 is 10.8 Å². The number of aliphatic carboxylic acids is 1. The second-order valence-corrected chi connectivity index (χ2v) is 4.90. The van der Waals surface area contributed by atoms with E-state index in [1.54, 1.807) is 0 Å². The Bertz CT molecular complexity index is 569. The predicted octanol–water partition coefficient (Wildman–Crippen LogP) is 3.05. The molecule has 92 valence electrons. The molecular formula is C14H13NO2S. The Labute approximate surface area is 110 Å². The fraction of sp³-hybridized carbons (Fsp3) is 0.0714. The molecule has 0 aliphatic carbocycles. The van der Waals surface area contributed by atoms with Gasteiger partial charge in [0.2, 0.25) is 0 Å². The molecule has 18 heavy (non-hydrogen) atoms. The van der Waals surface area contributed by atoms with E-state index in [1.165, 1.54) is 11.8 Å². The number of carboxylic acids is 1. The predicted molar refractivity (Wildman–Crippen MR) is 72.8 cm³/mol. The van der Waals surface area contributed by atoms with Gasteiger partial charge in [-0.05, 0) is 23.8 Å². The zero-order chi connectivity index (χ0) is 13.0. The molecule has 0 heterocycles. The smallest absolute Gasteiger partial charge is 0.307 e. The minimum Gasteiger partial charge on any atom is -0.481 e. The summed E-state index contributed by atoms with van der Waals surface area (Å²) in [5, 5.41) is 8.88. The monoisotopic (exact) mass is 259 g/mol. The van der Waals surface area contributed by atoms with Gasteiger partial charge in [-0.15, -0.1) is 0 Å². The van der Waals surface area contributed by atoms with Crippen LogP contribution in [0.3, 0.4) is 0 Å². The van der Waals surface area contributed by atoms with Crippen LogP contribution in [0.4, 0.5) is 5.69 Å². The summed E-state index contributed by atoms with van der Waals surface area (Å²) in [6, 6.07) is 15.0. The molecule has 3 nitrogen and oxygen atoms in total. The van der Waals surface area contributed by atoms with Gasteiger partial charge in [-0.25, -0.2) is 0 Å². The highest BCUT2D eigenvalue weighted by atomic mass is 32.2. The van der Waals surface area contributed by atoms with Crippen molar-refractivity contribution in [2.75, 3.05) is 5.73 Å². The second kappa shape index (κ2) is 5.60. The molecule has 0 aliphatic heterocycles. The largest absolute Gasteiger partial charge is 0.481 e. The molecule has 0 aliphatic rings. The van der Waals surface area contributed by atoms with E-state index in [1.807, 2.05) is 48.5 Å². The molecule has 4 heteroatoms. The first kappa shape index (κ1) is 12.5. The van der Waals surface area contributed by atoms with Crippen LogP contribution in [-0.2, 0) is 11.2 Å². The maximum Gasteiger partial charge on any atom is 0.307 e. The maximum absolute atomic E-state index is 10.8. The van der Waals surface area contributed by atoms with Crippen LogP contribution in [0.15, 0.2) is 58.3 Å². The Kier molecular flexibility index (Phi) is 3.89. The Hall–Kier alpha value is -1.94. The van der Waals surface area contributed by atoms with Gasteiger partial charge in [-0.3, -0.25) is 4.79 Å². The van der Waals surface area contributed by atoms with Crippen molar-refractivity contribution >= 4 is 23.4 Å². The maximum atomic E-state index is 10.8. The molecular weight excluding hydrogens is 246 g/mol. The van der Waals surface area contributed by atoms with Gasteiger partial charge in [-0.1, -0.05) is 42.1 Å². The van der Waals surface area contributed by atoms with E-state index < -0.39 is 5.97 Å². The van der Waals surface area contributed by atoms with Gasteiger partial charge in [0.15, 0.2) is 0 Å². The van der Waals surface area contributed by atoms with E-state index in [4.69, 9.17) is 10.8 Å². The van der Waals surface area contributed by atoms with Gasteiger partial charge in [0, 0.05) is 15.5 Å². The summed E-state index contributed by atoms with van der Waals surface area (Å²) in [6.07, 6.45) is 0.0237. The SMILES string of the molecule is Nc1ccccc1Sc1ccccc1CC(=O)O. The van der Waals surface area contributed by atoms with Crippen molar-refractivity contribution in [3.05, 3.63) is 54.1 Å². The first-order valence-corrected chi connectivity index (χ1v) is 6.30. The first-order valence-electron chi connectivity index (χ1n) is 5.49. The number of hydrogen-bond donors (Lipinski definition) is 2. The highest BCUT2D eigenvalue weighted by molar-refractivity contribution is 7.99. The number of rotatable bonds is 4. The Morgan fingerprint density at radius 3 is 2.33 bits per heavy atom. The summed E-state index contributed by atoms with van der Waals surface area (Å²) >= 11 is 1.49. The number of carbonyl (C=O) groups is 1. The zero-order valence-corrected chi connectivity index (χ0v) is 10.5. The molecule has 0 amide bonds. The number of para-hydroxylation sites is 1. The van der Waals surface area contributed by atoms with E-state index in [0.717, 1.165) is 15.4 Å². The van der Waals surface area contributed by atoms with Crippen LogP contribution in [0.2, 0.25) is 0 Å². The highest BCUT2D eigenvalue weighted by Crippen LogP contribution is 2.33. The Balaban J connectivity index is 2.29. The van der Waals surface area contributed by atoms with E-state index in [9.17, 15) is 4.79 Å². The third kappa shape index (κ3) is 3.05. The van der Waals surface area contributed by atoms with Crippen molar-refractivity contribution in [2.45, 2.75) is 16.2 Å². The van der Waals surface area contributed by atoms with Crippen molar-refractivity contribution < 1.29 is 9.90 Å². The lowest BCUT2D eigenvalue weighted by molar-refractivity contribution is -0.136. The molecule has 0 unspecified atom stereocenters. The fourth-order valence-electron chi connectivity index (χ4n) is 1.60. The quantitative estimate of drug-likeness (QED) is 0.828. The molecule has 2 aromatic rings. The molecule has 0 saturated carbocycles. The molecule has 0 radical (unpaired) electrons. The molecule has 2 rings (SSSR count). The summed E-state index contributed by atoms with van der Waals surface area (Å²) in [7, 11) is 0. The van der Waals surface area contributed by atoms with Crippen molar-refractivity contribution in [3.8, 4) is 0 Å². The van der Waals surface area contributed by atoms with Crippen molar-refractivity contribution in [1.29, 1.82) is 0 Å². The van der Waals surface area contributed by atoms with Gasteiger partial charge in [-0.2, -0.15) is 0 Å². The number of nitrogen functional groups attached to an aromatic ring is 1. The zero-order valence-electron chi connectivity index (χ0n) is 9.67. The van der Waals surface area contributed by atoms with Gasteiger partial charge >= 0.3 is 5.97 Å². The summed E-state index contributed by atoms with van der Waals surface area (Å²) in [4.78, 5) is 12.7. The Morgan fingerprint density at radius 1 is 1.06 bits per heavy atom. The third-order valence-electron chi connectivity index (χ3n) is 2.45. The van der Waals surface area contributed by atoms with Gasteiger partial charge in [0.05, 0.1) is 6.42 Å². The number of nitrogens with two attached hydrogens (primary N) is 1. The molecule has 0 atom stereocenters. The molecule has 2 aromatic carbocycles. The van der Waals surface area contributed by atoms with Crippen molar-refractivity contribution in [2.24, 2.45) is 0 Å². The van der Waals surface area contributed by atoms with E-state index >= 15 is 0 Å². The lowest BCUT2D eigenvalue weighted by Gasteiger charge is -2.08. The average molecular weight is 259 g/mol. The van der Waals surface area contributed by atoms with Crippen LogP contribution < -0.4 is 5.73 Å². The molecule has 0 saturated heterocycles. The van der Waals surface area contributed by atoms with Crippen LogP contribution in [-0.4, -0.2) is 11.1 Å². The fourth-order valence-corrected chi connectivity index (χ4v) is 2.59. The minimum atomic E-state index is -0.830. The molecule has 0 spiro atoms. The van der Waals surface area contributed by atoms with E-state index in [0.29, 0.717) is 5.69 Å². The summed E-state index contributed by atoms with van der Waals surface area (Å²) < 4.78 is 0. The Morgan fingerprint density at radius 2 is 1.67 bits per heavy atom. The van der Waals surface area contributed by atoms with Crippen LogP contribution in [0.1, 0.15) is 5.56 Å². The third-order valence-corrected chi connectivity index (χ3v) is 3.66.